The number of nitrogens with zero attached hydrogens (tertiary/aromatic N) is 1. The van der Waals surface area contributed by atoms with E-state index in [0.717, 1.165) is 32.4 Å². The van der Waals surface area contributed by atoms with Crippen molar-refractivity contribution in [3.05, 3.63) is 0 Å². The van der Waals surface area contributed by atoms with Gasteiger partial charge in [-0.3, -0.25) is 0 Å². The number of hydrogen-bond donors (Lipinski definition) is 2. The fraction of sp³-hybridized carbons (Fsp3) is 1.00. The standard InChI is InChI=1S/C10H21N3O2S.ClH/c1-9-4-5-11-8-10(9)12-16(14,15)13-6-2-3-7-13;/h9-12H,2-8H2,1H3;1H. The Balaban J connectivity index is 0.00000144. The third kappa shape index (κ3) is 3.79. The molecule has 2 unspecified atom stereocenters. The van der Waals surface area contributed by atoms with Gasteiger partial charge in [0.1, 0.15) is 0 Å². The number of nitrogens with one attached hydrogen (secondary N) is 2. The first-order chi connectivity index (χ1) is 7.59. The van der Waals surface area contributed by atoms with Crippen LogP contribution in [0.3, 0.4) is 0 Å². The molecule has 2 N–H and O–H groups in total. The smallest absolute Gasteiger partial charge is 0.279 e. The SMILES string of the molecule is CC1CCNCC1NS(=O)(=O)N1CCCC1.Cl. The molecule has 2 heterocycles. The second kappa shape index (κ2) is 6.33. The zero-order valence-corrected chi connectivity index (χ0v) is 11.8. The van der Waals surface area contributed by atoms with Gasteiger partial charge >= 0.3 is 0 Å². The maximum atomic E-state index is 12.0. The quantitative estimate of drug-likeness (QED) is 0.785. The van der Waals surface area contributed by atoms with Crippen LogP contribution >= 0.6 is 12.4 Å². The summed E-state index contributed by atoms with van der Waals surface area (Å²) in [6, 6.07) is 0.0411. The molecule has 5 nitrogen and oxygen atoms in total. The Morgan fingerprint density at radius 3 is 2.53 bits per heavy atom. The second-order valence-electron chi connectivity index (χ2n) is 4.81. The summed E-state index contributed by atoms with van der Waals surface area (Å²) < 4.78 is 28.5. The van der Waals surface area contributed by atoms with Gasteiger partial charge in [0.05, 0.1) is 0 Å². The molecule has 0 bridgehead atoms. The molecule has 0 aromatic heterocycles. The Labute approximate surface area is 110 Å². The monoisotopic (exact) mass is 283 g/mol. The molecule has 2 saturated heterocycles. The third-order valence-corrected chi connectivity index (χ3v) is 5.18. The van der Waals surface area contributed by atoms with Gasteiger partial charge in [-0.25, -0.2) is 0 Å². The molecular formula is C10H22ClN3O2S. The van der Waals surface area contributed by atoms with Crippen LogP contribution in [0.4, 0.5) is 0 Å². The van der Waals surface area contributed by atoms with Crippen molar-refractivity contribution in [2.75, 3.05) is 26.2 Å². The van der Waals surface area contributed by atoms with Crippen molar-refractivity contribution in [1.82, 2.24) is 14.3 Å². The summed E-state index contributed by atoms with van der Waals surface area (Å²) in [6.07, 6.45) is 3.01. The average Bonchev–Trinajstić information content (AvgIpc) is 2.75. The first-order valence-corrected chi connectivity index (χ1v) is 7.52. The Kier molecular flexibility index (Phi) is 5.66. The Morgan fingerprint density at radius 2 is 1.94 bits per heavy atom. The van der Waals surface area contributed by atoms with Crippen LogP contribution in [0.5, 0.6) is 0 Å². The first-order valence-electron chi connectivity index (χ1n) is 6.08. The van der Waals surface area contributed by atoms with Crippen molar-refractivity contribution in [2.45, 2.75) is 32.2 Å². The lowest BCUT2D eigenvalue weighted by atomic mass is 9.96. The molecule has 0 saturated carbocycles. The van der Waals surface area contributed by atoms with Gasteiger partial charge in [0, 0.05) is 25.7 Å². The predicted octanol–water partition coefficient (Wildman–Crippen LogP) is 0.336. The largest absolute Gasteiger partial charge is 0.315 e. The van der Waals surface area contributed by atoms with E-state index in [1.165, 1.54) is 0 Å². The van der Waals surface area contributed by atoms with E-state index in [4.69, 9.17) is 0 Å². The molecule has 2 rings (SSSR count). The van der Waals surface area contributed by atoms with Crippen LogP contribution in [0.1, 0.15) is 26.2 Å². The zero-order chi connectivity index (χ0) is 11.6. The number of halogens is 1. The number of hydrogen-bond acceptors (Lipinski definition) is 3. The molecule has 0 spiro atoms. The van der Waals surface area contributed by atoms with Crippen molar-refractivity contribution in [1.29, 1.82) is 0 Å². The molecule has 2 aliphatic heterocycles. The third-order valence-electron chi connectivity index (χ3n) is 3.53. The molecule has 0 aromatic rings. The summed E-state index contributed by atoms with van der Waals surface area (Å²) in [7, 11) is -3.25. The van der Waals surface area contributed by atoms with Crippen LogP contribution in [0.2, 0.25) is 0 Å². The summed E-state index contributed by atoms with van der Waals surface area (Å²) in [5, 5.41) is 3.23. The molecule has 0 radical (unpaired) electrons. The van der Waals surface area contributed by atoms with Gasteiger partial charge in [-0.2, -0.15) is 17.4 Å². The van der Waals surface area contributed by atoms with Crippen LogP contribution in [0, 0.1) is 5.92 Å². The van der Waals surface area contributed by atoms with Gasteiger partial charge in [0.2, 0.25) is 0 Å². The van der Waals surface area contributed by atoms with Crippen molar-refractivity contribution in [3.8, 4) is 0 Å². The molecule has 2 atom stereocenters. The van der Waals surface area contributed by atoms with E-state index >= 15 is 0 Å². The molecule has 17 heavy (non-hydrogen) atoms. The molecule has 2 aliphatic rings. The molecule has 102 valence electrons. The van der Waals surface area contributed by atoms with Crippen molar-refractivity contribution in [3.63, 3.8) is 0 Å². The zero-order valence-electron chi connectivity index (χ0n) is 10.2. The van der Waals surface area contributed by atoms with Gasteiger partial charge in [-0.1, -0.05) is 6.92 Å². The number of piperidine rings is 1. The summed E-state index contributed by atoms with van der Waals surface area (Å²) >= 11 is 0. The highest BCUT2D eigenvalue weighted by atomic mass is 35.5. The van der Waals surface area contributed by atoms with Gasteiger partial charge < -0.3 is 5.32 Å². The fourth-order valence-corrected chi connectivity index (χ4v) is 3.93. The lowest BCUT2D eigenvalue weighted by Crippen LogP contribution is -2.53. The Hall–Kier alpha value is 0.120. The first kappa shape index (κ1) is 15.2. The normalized spacial score (nSPS) is 31.1. The highest BCUT2D eigenvalue weighted by Gasteiger charge is 2.30. The minimum Gasteiger partial charge on any atom is -0.315 e. The van der Waals surface area contributed by atoms with Gasteiger partial charge in [0.25, 0.3) is 10.2 Å². The van der Waals surface area contributed by atoms with Gasteiger partial charge in [0.15, 0.2) is 0 Å². The lowest BCUT2D eigenvalue weighted by molar-refractivity contribution is 0.320. The maximum absolute atomic E-state index is 12.0. The number of rotatable bonds is 3. The van der Waals surface area contributed by atoms with E-state index < -0.39 is 10.2 Å². The Morgan fingerprint density at radius 1 is 1.29 bits per heavy atom. The van der Waals surface area contributed by atoms with Crippen molar-refractivity contribution >= 4 is 22.6 Å². The van der Waals surface area contributed by atoms with E-state index in [1.54, 1.807) is 4.31 Å². The minimum atomic E-state index is -3.25. The van der Waals surface area contributed by atoms with Crippen LogP contribution in [0.15, 0.2) is 0 Å². The summed E-state index contributed by atoms with van der Waals surface area (Å²) in [5.41, 5.74) is 0. The molecule has 0 aromatic carbocycles. The van der Waals surface area contributed by atoms with E-state index in [2.05, 4.69) is 17.0 Å². The van der Waals surface area contributed by atoms with Crippen LogP contribution < -0.4 is 10.0 Å². The highest BCUT2D eigenvalue weighted by Crippen LogP contribution is 2.16. The fourth-order valence-electron chi connectivity index (χ4n) is 2.34. The minimum absolute atomic E-state index is 0. The summed E-state index contributed by atoms with van der Waals surface area (Å²) in [6.45, 7) is 5.18. The summed E-state index contributed by atoms with van der Waals surface area (Å²) in [4.78, 5) is 0. The molecule has 7 heteroatoms. The van der Waals surface area contributed by atoms with Gasteiger partial charge in [-0.15, -0.1) is 12.4 Å². The average molecular weight is 284 g/mol. The van der Waals surface area contributed by atoms with Crippen molar-refractivity contribution < 1.29 is 8.42 Å². The van der Waals surface area contributed by atoms with Gasteiger partial charge in [-0.05, 0) is 31.7 Å². The summed E-state index contributed by atoms with van der Waals surface area (Å²) in [5.74, 6) is 0.415. The predicted molar refractivity (Wildman–Crippen MR) is 70.5 cm³/mol. The second-order valence-corrected chi connectivity index (χ2v) is 6.51. The van der Waals surface area contributed by atoms with E-state index in [1.807, 2.05) is 0 Å². The molecular weight excluding hydrogens is 262 g/mol. The van der Waals surface area contributed by atoms with Crippen LogP contribution in [0.25, 0.3) is 0 Å². The topological polar surface area (TPSA) is 61.4 Å². The molecule has 0 amide bonds. The van der Waals surface area contributed by atoms with Crippen LogP contribution in [-0.4, -0.2) is 44.9 Å². The molecule has 2 fully saturated rings. The highest BCUT2D eigenvalue weighted by molar-refractivity contribution is 7.87. The van der Waals surface area contributed by atoms with Crippen LogP contribution in [-0.2, 0) is 10.2 Å². The lowest BCUT2D eigenvalue weighted by Gasteiger charge is -2.31. The van der Waals surface area contributed by atoms with E-state index in [9.17, 15) is 8.42 Å². The van der Waals surface area contributed by atoms with E-state index in [0.29, 0.717) is 19.0 Å². The van der Waals surface area contributed by atoms with Crippen molar-refractivity contribution in [2.24, 2.45) is 5.92 Å². The molecule has 0 aliphatic carbocycles. The van der Waals surface area contributed by atoms with E-state index in [-0.39, 0.29) is 18.4 Å². The Bertz CT molecular complexity index is 330. The maximum Gasteiger partial charge on any atom is 0.279 e.